The molecule has 2 aliphatic heterocycles. The SMILES string of the molecule is CC(N)CCNC(=O)C1CCCN1C1=NS(=O)(=O)c2ccccc21. The van der Waals surface area contributed by atoms with Crippen LogP contribution < -0.4 is 11.1 Å². The van der Waals surface area contributed by atoms with E-state index in [2.05, 4.69) is 9.71 Å². The second-order valence-corrected chi connectivity index (χ2v) is 7.87. The Morgan fingerprint density at radius 3 is 2.96 bits per heavy atom. The summed E-state index contributed by atoms with van der Waals surface area (Å²) in [6, 6.07) is 6.39. The highest BCUT2D eigenvalue weighted by Gasteiger charge is 2.38. The minimum atomic E-state index is -3.67. The lowest BCUT2D eigenvalue weighted by atomic mass is 10.1. The molecule has 1 aromatic rings. The van der Waals surface area contributed by atoms with Crippen LogP contribution in [0.25, 0.3) is 0 Å². The van der Waals surface area contributed by atoms with Gasteiger partial charge in [-0.2, -0.15) is 8.42 Å². The number of rotatable bonds is 4. The van der Waals surface area contributed by atoms with Gasteiger partial charge in [-0.15, -0.1) is 4.40 Å². The van der Waals surface area contributed by atoms with E-state index in [4.69, 9.17) is 5.73 Å². The van der Waals surface area contributed by atoms with Gasteiger partial charge in [0.25, 0.3) is 10.0 Å². The smallest absolute Gasteiger partial charge is 0.285 e. The Hall–Kier alpha value is -1.93. The predicted molar refractivity (Wildman–Crippen MR) is 91.2 cm³/mol. The van der Waals surface area contributed by atoms with Gasteiger partial charge in [0.1, 0.15) is 10.9 Å². The topological polar surface area (TPSA) is 105 Å². The molecule has 1 amide bonds. The van der Waals surface area contributed by atoms with E-state index in [0.717, 1.165) is 6.42 Å². The molecule has 0 aliphatic carbocycles. The van der Waals surface area contributed by atoms with Gasteiger partial charge < -0.3 is 16.0 Å². The van der Waals surface area contributed by atoms with Gasteiger partial charge in [-0.25, -0.2) is 0 Å². The molecule has 3 N–H and O–H groups in total. The number of carbonyl (C=O) groups excluding carboxylic acids is 1. The van der Waals surface area contributed by atoms with E-state index in [1.165, 1.54) is 0 Å². The molecule has 24 heavy (non-hydrogen) atoms. The van der Waals surface area contributed by atoms with Gasteiger partial charge in [0.15, 0.2) is 5.84 Å². The van der Waals surface area contributed by atoms with Gasteiger partial charge in [-0.1, -0.05) is 12.1 Å². The van der Waals surface area contributed by atoms with Crippen LogP contribution in [0.3, 0.4) is 0 Å². The summed E-state index contributed by atoms with van der Waals surface area (Å²) in [5.41, 5.74) is 6.27. The number of fused-ring (bicyclic) bond motifs is 1. The fraction of sp³-hybridized carbons (Fsp3) is 0.500. The number of nitrogens with zero attached hydrogens (tertiary/aromatic N) is 2. The molecule has 0 aromatic heterocycles. The highest BCUT2D eigenvalue weighted by molar-refractivity contribution is 7.90. The molecular formula is C16H22N4O3S. The first kappa shape index (κ1) is 16.9. The van der Waals surface area contributed by atoms with E-state index in [1.807, 2.05) is 11.8 Å². The minimum Gasteiger partial charge on any atom is -0.354 e. The Kier molecular flexibility index (Phi) is 4.60. The Labute approximate surface area is 142 Å². The Balaban J connectivity index is 1.81. The molecule has 0 radical (unpaired) electrons. The van der Waals surface area contributed by atoms with E-state index in [0.29, 0.717) is 37.3 Å². The molecule has 1 fully saturated rings. The maximum atomic E-state index is 12.5. The minimum absolute atomic E-state index is 0.0289. The number of carbonyl (C=O) groups is 1. The van der Waals surface area contributed by atoms with Crippen LogP contribution in [0, 0.1) is 0 Å². The van der Waals surface area contributed by atoms with Crippen molar-refractivity contribution in [3.8, 4) is 0 Å². The van der Waals surface area contributed by atoms with E-state index in [1.54, 1.807) is 24.3 Å². The van der Waals surface area contributed by atoms with Gasteiger partial charge in [-0.3, -0.25) is 4.79 Å². The molecule has 7 nitrogen and oxygen atoms in total. The zero-order valence-electron chi connectivity index (χ0n) is 13.6. The average Bonchev–Trinajstić information content (AvgIpc) is 3.10. The number of nitrogens with one attached hydrogen (secondary N) is 1. The van der Waals surface area contributed by atoms with E-state index < -0.39 is 16.1 Å². The van der Waals surface area contributed by atoms with Gasteiger partial charge in [0.2, 0.25) is 5.91 Å². The van der Waals surface area contributed by atoms with Gasteiger partial charge in [0, 0.05) is 24.7 Å². The van der Waals surface area contributed by atoms with Crippen LogP contribution in [0.4, 0.5) is 0 Å². The first-order chi connectivity index (χ1) is 11.4. The number of likely N-dealkylation sites (tertiary alicyclic amines) is 1. The second-order valence-electron chi connectivity index (χ2n) is 6.29. The van der Waals surface area contributed by atoms with Crippen LogP contribution in [0.1, 0.15) is 31.7 Å². The van der Waals surface area contributed by atoms with Crippen molar-refractivity contribution in [2.45, 2.75) is 43.2 Å². The predicted octanol–water partition coefficient (Wildman–Crippen LogP) is 0.453. The average molecular weight is 350 g/mol. The van der Waals surface area contributed by atoms with Crippen LogP contribution in [0.2, 0.25) is 0 Å². The molecule has 2 unspecified atom stereocenters. The van der Waals surface area contributed by atoms with E-state index in [-0.39, 0.29) is 16.8 Å². The summed E-state index contributed by atoms with van der Waals surface area (Å²) in [6.45, 7) is 3.03. The molecule has 8 heteroatoms. The first-order valence-electron chi connectivity index (χ1n) is 8.14. The highest BCUT2D eigenvalue weighted by atomic mass is 32.2. The highest BCUT2D eigenvalue weighted by Crippen LogP contribution is 2.31. The maximum Gasteiger partial charge on any atom is 0.285 e. The molecule has 1 aromatic carbocycles. The first-order valence-corrected chi connectivity index (χ1v) is 9.58. The second kappa shape index (κ2) is 6.52. The molecule has 1 saturated heterocycles. The Morgan fingerprint density at radius 2 is 2.21 bits per heavy atom. The normalized spacial score (nSPS) is 22.8. The van der Waals surface area contributed by atoms with Crippen molar-refractivity contribution >= 4 is 21.8 Å². The molecule has 2 heterocycles. The van der Waals surface area contributed by atoms with E-state index >= 15 is 0 Å². The summed E-state index contributed by atoms with van der Waals surface area (Å²) in [5, 5.41) is 2.89. The van der Waals surface area contributed by atoms with Crippen LogP contribution in [0.15, 0.2) is 33.6 Å². The number of sulfonamides is 1. The zero-order chi connectivity index (χ0) is 17.3. The van der Waals surface area contributed by atoms with Crippen LogP contribution in [0.5, 0.6) is 0 Å². The van der Waals surface area contributed by atoms with Gasteiger partial charge >= 0.3 is 0 Å². The Bertz CT molecular complexity index is 773. The number of amides is 1. The third kappa shape index (κ3) is 3.16. The third-order valence-corrected chi connectivity index (χ3v) is 5.66. The lowest BCUT2D eigenvalue weighted by molar-refractivity contribution is -0.124. The number of nitrogens with two attached hydrogens (primary N) is 1. The zero-order valence-corrected chi connectivity index (χ0v) is 14.4. The molecule has 0 saturated carbocycles. The molecule has 0 bridgehead atoms. The van der Waals surface area contributed by atoms with Crippen LogP contribution >= 0.6 is 0 Å². The summed E-state index contributed by atoms with van der Waals surface area (Å²) in [6.07, 6.45) is 2.22. The molecule has 2 atom stereocenters. The molecule has 0 spiro atoms. The maximum absolute atomic E-state index is 12.5. The van der Waals surface area contributed by atoms with Crippen molar-refractivity contribution in [1.82, 2.24) is 10.2 Å². The Morgan fingerprint density at radius 1 is 1.46 bits per heavy atom. The molecular weight excluding hydrogens is 328 g/mol. The summed E-state index contributed by atoms with van der Waals surface area (Å²) >= 11 is 0. The molecule has 130 valence electrons. The van der Waals surface area contributed by atoms with Crippen molar-refractivity contribution in [1.29, 1.82) is 0 Å². The number of benzene rings is 1. The summed E-state index contributed by atoms with van der Waals surface area (Å²) in [7, 11) is -3.67. The summed E-state index contributed by atoms with van der Waals surface area (Å²) < 4.78 is 28.4. The van der Waals surface area contributed by atoms with E-state index in [9.17, 15) is 13.2 Å². The number of hydrogen-bond acceptors (Lipinski definition) is 5. The third-order valence-electron chi connectivity index (χ3n) is 4.34. The standard InChI is InChI=1S/C16H22N4O3S/c1-11(17)8-9-18-16(21)13-6-4-10-20(13)15-12-5-2-3-7-14(12)24(22,23)19-15/h2-3,5,7,11,13H,4,6,8-10,17H2,1H3,(H,18,21). The number of amidine groups is 1. The lowest BCUT2D eigenvalue weighted by Gasteiger charge is -2.25. The fourth-order valence-corrected chi connectivity index (χ4v) is 4.35. The fourth-order valence-electron chi connectivity index (χ4n) is 3.13. The summed E-state index contributed by atoms with van der Waals surface area (Å²) in [4.78, 5) is 14.5. The monoisotopic (exact) mass is 350 g/mol. The molecule has 3 rings (SSSR count). The quantitative estimate of drug-likeness (QED) is 0.820. The number of hydrogen-bond donors (Lipinski definition) is 2. The van der Waals surface area contributed by atoms with Crippen molar-refractivity contribution in [2.24, 2.45) is 10.1 Å². The van der Waals surface area contributed by atoms with Gasteiger partial charge in [0.05, 0.1) is 0 Å². The largest absolute Gasteiger partial charge is 0.354 e. The van der Waals surface area contributed by atoms with Crippen molar-refractivity contribution < 1.29 is 13.2 Å². The molecule has 2 aliphatic rings. The van der Waals surface area contributed by atoms with Gasteiger partial charge in [-0.05, 0) is 38.3 Å². The lowest BCUT2D eigenvalue weighted by Crippen LogP contribution is -2.46. The van der Waals surface area contributed by atoms with Crippen LogP contribution in [-0.4, -0.2) is 50.2 Å². The van der Waals surface area contributed by atoms with Crippen molar-refractivity contribution in [3.05, 3.63) is 29.8 Å². The van der Waals surface area contributed by atoms with Crippen molar-refractivity contribution in [3.63, 3.8) is 0 Å². The van der Waals surface area contributed by atoms with Crippen LogP contribution in [-0.2, 0) is 14.8 Å². The van der Waals surface area contributed by atoms with Crippen molar-refractivity contribution in [2.75, 3.05) is 13.1 Å². The summed E-state index contributed by atoms with van der Waals surface area (Å²) in [5.74, 6) is 0.285.